The van der Waals surface area contributed by atoms with E-state index in [2.05, 4.69) is 17.2 Å². The van der Waals surface area contributed by atoms with Crippen LogP contribution in [0, 0.1) is 5.92 Å². The highest BCUT2D eigenvalue weighted by molar-refractivity contribution is 5.91. The van der Waals surface area contributed by atoms with Crippen LogP contribution in [-0.4, -0.2) is 37.0 Å². The molecular formula is C27H42N2O4. The summed E-state index contributed by atoms with van der Waals surface area (Å²) >= 11 is 0. The lowest BCUT2D eigenvalue weighted by atomic mass is 10.0. The van der Waals surface area contributed by atoms with Gasteiger partial charge in [0.2, 0.25) is 11.8 Å². The van der Waals surface area contributed by atoms with E-state index in [0.717, 1.165) is 31.2 Å². The molecule has 0 aliphatic carbocycles. The van der Waals surface area contributed by atoms with Gasteiger partial charge in [0.05, 0.1) is 7.11 Å². The number of nitrogens with one attached hydrogen (secondary N) is 2. The lowest BCUT2D eigenvalue weighted by Crippen LogP contribution is -2.53. The fourth-order valence-electron chi connectivity index (χ4n) is 3.71. The summed E-state index contributed by atoms with van der Waals surface area (Å²) < 4.78 is 4.85. The lowest BCUT2D eigenvalue weighted by Gasteiger charge is -2.23. The van der Waals surface area contributed by atoms with Gasteiger partial charge in [-0.05, 0) is 37.2 Å². The number of carbonyl (C=O) groups excluding carboxylic acids is 3. The number of methoxy groups -OCH3 is 1. The zero-order chi connectivity index (χ0) is 24.5. The van der Waals surface area contributed by atoms with Crippen molar-refractivity contribution in [2.45, 2.75) is 90.1 Å². The van der Waals surface area contributed by atoms with Gasteiger partial charge in [0.25, 0.3) is 0 Å². The second-order valence-electron chi connectivity index (χ2n) is 8.97. The van der Waals surface area contributed by atoms with Crippen LogP contribution in [0.4, 0.5) is 0 Å². The molecule has 0 saturated heterocycles. The minimum absolute atomic E-state index is 0.142. The van der Waals surface area contributed by atoms with Gasteiger partial charge in [-0.1, -0.05) is 75.9 Å². The van der Waals surface area contributed by atoms with E-state index in [1.807, 2.05) is 50.3 Å². The molecule has 0 aromatic heterocycles. The van der Waals surface area contributed by atoms with Gasteiger partial charge in [-0.3, -0.25) is 9.59 Å². The molecular weight excluding hydrogens is 416 g/mol. The summed E-state index contributed by atoms with van der Waals surface area (Å²) in [5, 5.41) is 5.68. The largest absolute Gasteiger partial charge is 0.467 e. The molecule has 2 amide bonds. The zero-order valence-corrected chi connectivity index (χ0v) is 20.6. The second kappa shape index (κ2) is 16.9. The number of carbonyl (C=O) groups is 3. The fourth-order valence-corrected chi connectivity index (χ4v) is 3.71. The Balaban J connectivity index is 2.66. The van der Waals surface area contributed by atoms with Crippen molar-refractivity contribution >= 4 is 17.8 Å². The van der Waals surface area contributed by atoms with Gasteiger partial charge in [0.15, 0.2) is 0 Å². The van der Waals surface area contributed by atoms with Crippen LogP contribution in [0.3, 0.4) is 0 Å². The van der Waals surface area contributed by atoms with Crippen molar-refractivity contribution in [2.24, 2.45) is 5.92 Å². The van der Waals surface area contributed by atoms with Gasteiger partial charge in [0, 0.05) is 12.8 Å². The Hall–Kier alpha value is -2.63. The highest BCUT2D eigenvalue weighted by atomic mass is 16.5. The van der Waals surface area contributed by atoms with Crippen molar-refractivity contribution in [1.29, 1.82) is 0 Å². The molecule has 6 nitrogen and oxygen atoms in total. The molecule has 0 aliphatic heterocycles. The summed E-state index contributed by atoms with van der Waals surface area (Å²) in [6, 6.07) is 8.06. The summed E-state index contributed by atoms with van der Waals surface area (Å²) in [5.41, 5.74) is 0.941. The molecule has 0 fully saturated rings. The molecule has 2 atom stereocenters. The van der Waals surface area contributed by atoms with Crippen LogP contribution in [0.5, 0.6) is 0 Å². The average Bonchev–Trinajstić information content (AvgIpc) is 2.79. The van der Waals surface area contributed by atoms with Crippen LogP contribution in [0.15, 0.2) is 43.0 Å². The van der Waals surface area contributed by atoms with Crippen molar-refractivity contribution in [1.82, 2.24) is 10.6 Å². The molecule has 1 unspecified atom stereocenters. The van der Waals surface area contributed by atoms with E-state index in [0.29, 0.717) is 19.3 Å². The fraction of sp³-hybridized carbons (Fsp3) is 0.593. The number of benzene rings is 1. The van der Waals surface area contributed by atoms with Crippen LogP contribution in [0.25, 0.3) is 0 Å². The number of esters is 1. The minimum Gasteiger partial charge on any atom is -0.467 e. The SMILES string of the molecule is C=CCCCCCCCCC(=O)NC(Cc1ccccc1)C(=O)N[C@H](CC(C)C)C(=O)OC. The molecule has 1 rings (SSSR count). The maximum atomic E-state index is 13.1. The highest BCUT2D eigenvalue weighted by Gasteiger charge is 2.28. The summed E-state index contributed by atoms with van der Waals surface area (Å²) in [5.74, 6) is -0.787. The topological polar surface area (TPSA) is 84.5 Å². The summed E-state index contributed by atoms with van der Waals surface area (Å²) in [7, 11) is 1.31. The van der Waals surface area contributed by atoms with Crippen molar-refractivity contribution < 1.29 is 19.1 Å². The molecule has 184 valence electrons. The first-order chi connectivity index (χ1) is 15.9. The standard InChI is InChI=1S/C27H42N2O4/c1-5-6-7-8-9-10-11-15-18-25(30)28-23(20-22-16-13-12-14-17-22)26(31)29-24(19-21(2)3)27(32)33-4/h5,12-14,16-17,21,23-24H,1,6-11,15,18-20H2,2-4H3,(H,28,30)(H,29,31)/t23?,24-/m1/s1. The van der Waals surface area contributed by atoms with E-state index in [-0.39, 0.29) is 17.7 Å². The smallest absolute Gasteiger partial charge is 0.328 e. The average molecular weight is 459 g/mol. The number of hydrogen-bond acceptors (Lipinski definition) is 4. The molecule has 1 aromatic rings. The quantitative estimate of drug-likeness (QED) is 0.201. The van der Waals surface area contributed by atoms with Gasteiger partial charge in [0.1, 0.15) is 12.1 Å². The molecule has 0 saturated carbocycles. The van der Waals surface area contributed by atoms with Crippen molar-refractivity contribution in [3.05, 3.63) is 48.6 Å². The Labute approximate surface area is 199 Å². The number of unbranched alkanes of at least 4 members (excludes halogenated alkanes) is 6. The number of ether oxygens (including phenoxy) is 1. The summed E-state index contributed by atoms with van der Waals surface area (Å²) in [6.07, 6.45) is 10.6. The number of rotatable bonds is 17. The Morgan fingerprint density at radius 3 is 2.18 bits per heavy atom. The van der Waals surface area contributed by atoms with E-state index < -0.39 is 18.1 Å². The van der Waals surface area contributed by atoms with Crippen LogP contribution in [0.1, 0.15) is 77.2 Å². The third-order valence-electron chi connectivity index (χ3n) is 5.51. The molecule has 1 aromatic carbocycles. The summed E-state index contributed by atoms with van der Waals surface area (Å²) in [4.78, 5) is 37.8. The first kappa shape index (κ1) is 28.4. The summed E-state index contributed by atoms with van der Waals surface area (Å²) in [6.45, 7) is 7.69. The molecule has 33 heavy (non-hydrogen) atoms. The number of amides is 2. The van der Waals surface area contributed by atoms with Gasteiger partial charge in [-0.15, -0.1) is 6.58 Å². The van der Waals surface area contributed by atoms with Crippen LogP contribution in [-0.2, 0) is 25.5 Å². The molecule has 0 bridgehead atoms. The molecule has 0 heterocycles. The van der Waals surface area contributed by atoms with E-state index in [1.165, 1.54) is 26.4 Å². The first-order valence-electron chi connectivity index (χ1n) is 12.2. The van der Waals surface area contributed by atoms with E-state index in [1.54, 1.807) is 0 Å². The predicted molar refractivity (Wildman–Crippen MR) is 133 cm³/mol. The monoisotopic (exact) mass is 458 g/mol. The Morgan fingerprint density at radius 1 is 0.939 bits per heavy atom. The molecule has 0 aliphatic rings. The maximum absolute atomic E-state index is 13.1. The number of hydrogen-bond donors (Lipinski definition) is 2. The van der Waals surface area contributed by atoms with Gasteiger partial charge < -0.3 is 15.4 Å². The van der Waals surface area contributed by atoms with E-state index in [9.17, 15) is 14.4 Å². The van der Waals surface area contributed by atoms with Gasteiger partial charge in [-0.25, -0.2) is 4.79 Å². The van der Waals surface area contributed by atoms with Gasteiger partial charge >= 0.3 is 5.97 Å². The third kappa shape index (κ3) is 12.9. The Morgan fingerprint density at radius 2 is 1.58 bits per heavy atom. The molecule has 0 spiro atoms. The molecule has 0 radical (unpaired) electrons. The molecule has 6 heteroatoms. The Kier molecular flexibility index (Phi) is 14.6. The number of allylic oxidation sites excluding steroid dienone is 1. The first-order valence-corrected chi connectivity index (χ1v) is 12.2. The highest BCUT2D eigenvalue weighted by Crippen LogP contribution is 2.11. The second-order valence-corrected chi connectivity index (χ2v) is 8.97. The minimum atomic E-state index is -0.752. The van der Waals surface area contributed by atoms with Crippen molar-refractivity contribution in [3.8, 4) is 0 Å². The van der Waals surface area contributed by atoms with Crippen LogP contribution >= 0.6 is 0 Å². The maximum Gasteiger partial charge on any atom is 0.328 e. The Bertz CT molecular complexity index is 718. The van der Waals surface area contributed by atoms with Crippen molar-refractivity contribution in [3.63, 3.8) is 0 Å². The van der Waals surface area contributed by atoms with Crippen molar-refractivity contribution in [2.75, 3.05) is 7.11 Å². The predicted octanol–water partition coefficient (Wildman–Crippen LogP) is 4.72. The molecule has 2 N–H and O–H groups in total. The van der Waals surface area contributed by atoms with Gasteiger partial charge in [-0.2, -0.15) is 0 Å². The van der Waals surface area contributed by atoms with E-state index >= 15 is 0 Å². The zero-order valence-electron chi connectivity index (χ0n) is 20.6. The lowest BCUT2D eigenvalue weighted by molar-refractivity contribution is -0.145. The third-order valence-corrected chi connectivity index (χ3v) is 5.51. The normalized spacial score (nSPS) is 12.6. The van der Waals surface area contributed by atoms with Crippen LogP contribution < -0.4 is 10.6 Å². The van der Waals surface area contributed by atoms with E-state index in [4.69, 9.17) is 4.74 Å². The van der Waals surface area contributed by atoms with Crippen LogP contribution in [0.2, 0.25) is 0 Å².